The number of thiazole rings is 1. The van der Waals surface area contributed by atoms with Crippen molar-refractivity contribution in [2.75, 3.05) is 5.32 Å². The molecule has 1 aromatic carbocycles. The fourth-order valence-corrected chi connectivity index (χ4v) is 4.04. The molecule has 0 spiro atoms. The highest BCUT2D eigenvalue weighted by Crippen LogP contribution is 2.32. The van der Waals surface area contributed by atoms with Gasteiger partial charge in [-0.05, 0) is 26.0 Å². The summed E-state index contributed by atoms with van der Waals surface area (Å²) in [5.74, 6) is -0.109. The highest BCUT2D eigenvalue weighted by Gasteiger charge is 2.23. The van der Waals surface area contributed by atoms with E-state index in [0.29, 0.717) is 10.9 Å². The normalized spacial score (nSPS) is 11.1. The number of nitrogens with one attached hydrogen (secondary N) is 1. The van der Waals surface area contributed by atoms with E-state index in [1.54, 1.807) is 14.0 Å². The van der Waals surface area contributed by atoms with Crippen LogP contribution in [0.3, 0.4) is 0 Å². The van der Waals surface area contributed by atoms with E-state index in [1.165, 1.54) is 22.2 Å². The van der Waals surface area contributed by atoms with E-state index in [0.717, 1.165) is 20.6 Å². The molecule has 0 bridgehead atoms. The first-order valence-electron chi connectivity index (χ1n) is 8.34. The number of benzene rings is 1. The summed E-state index contributed by atoms with van der Waals surface area (Å²) in [6.45, 7) is 3.58. The standard InChI is InChI=1S/C19H15BrN4O3S/c1-9-13(14-17(27-9)21-8-24(3)18(14)26)16(25)23-19-22-15(10(2)28-19)11-4-6-12(20)7-5-11/h4-8H,1-3H3,(H,22,23,25). The third-order valence-corrected chi connectivity index (χ3v) is 5.72. The molecular weight excluding hydrogens is 444 g/mol. The number of carbonyl (C=O) groups excluding carboxylic acids is 1. The van der Waals surface area contributed by atoms with E-state index in [2.05, 4.69) is 31.2 Å². The molecule has 0 fully saturated rings. The third kappa shape index (κ3) is 3.16. The lowest BCUT2D eigenvalue weighted by Crippen LogP contribution is -2.20. The highest BCUT2D eigenvalue weighted by atomic mass is 79.9. The minimum absolute atomic E-state index is 0.150. The van der Waals surface area contributed by atoms with Crippen molar-refractivity contribution >= 4 is 49.4 Å². The molecule has 1 N–H and O–H groups in total. The van der Waals surface area contributed by atoms with Crippen molar-refractivity contribution in [1.82, 2.24) is 14.5 Å². The Morgan fingerprint density at radius 3 is 2.68 bits per heavy atom. The molecule has 4 aromatic rings. The number of aromatic nitrogens is 3. The Morgan fingerprint density at radius 1 is 1.25 bits per heavy atom. The van der Waals surface area contributed by atoms with Gasteiger partial charge in [-0.1, -0.05) is 28.1 Å². The molecule has 1 amide bonds. The summed E-state index contributed by atoms with van der Waals surface area (Å²) in [7, 11) is 1.58. The van der Waals surface area contributed by atoms with E-state index < -0.39 is 5.91 Å². The number of aryl methyl sites for hydroxylation is 3. The van der Waals surface area contributed by atoms with Crippen molar-refractivity contribution in [3.63, 3.8) is 0 Å². The second-order valence-corrected chi connectivity index (χ2v) is 8.38. The zero-order valence-corrected chi connectivity index (χ0v) is 17.6. The van der Waals surface area contributed by atoms with E-state index in [4.69, 9.17) is 4.42 Å². The molecule has 7 nitrogen and oxygen atoms in total. The van der Waals surface area contributed by atoms with Crippen LogP contribution in [-0.4, -0.2) is 20.4 Å². The SMILES string of the molecule is Cc1oc2ncn(C)c(=O)c2c1C(=O)Nc1nc(-c2ccc(Br)cc2)c(C)s1. The molecule has 4 rings (SSSR count). The van der Waals surface area contributed by atoms with Crippen molar-refractivity contribution in [1.29, 1.82) is 0 Å². The molecule has 0 aliphatic rings. The Balaban J connectivity index is 1.70. The Labute approximate surface area is 172 Å². The Bertz CT molecular complexity index is 1270. The summed E-state index contributed by atoms with van der Waals surface area (Å²) in [6.07, 6.45) is 1.37. The Morgan fingerprint density at radius 2 is 1.96 bits per heavy atom. The minimum Gasteiger partial charge on any atom is -0.442 e. The molecule has 0 atom stereocenters. The van der Waals surface area contributed by atoms with Crippen molar-refractivity contribution in [2.45, 2.75) is 13.8 Å². The number of amides is 1. The molecule has 0 radical (unpaired) electrons. The van der Waals surface area contributed by atoms with Crippen LogP contribution >= 0.6 is 27.3 Å². The molecule has 3 aromatic heterocycles. The largest absolute Gasteiger partial charge is 0.442 e. The summed E-state index contributed by atoms with van der Waals surface area (Å²) >= 11 is 4.79. The number of hydrogen-bond donors (Lipinski definition) is 1. The summed E-state index contributed by atoms with van der Waals surface area (Å²) in [6, 6.07) is 7.80. The van der Waals surface area contributed by atoms with Gasteiger partial charge in [0.2, 0.25) is 5.71 Å². The van der Waals surface area contributed by atoms with Gasteiger partial charge in [-0.15, -0.1) is 11.3 Å². The fraction of sp³-hybridized carbons (Fsp3) is 0.158. The van der Waals surface area contributed by atoms with Gasteiger partial charge in [0.25, 0.3) is 11.5 Å². The molecule has 142 valence electrons. The fourth-order valence-electron chi connectivity index (χ4n) is 2.95. The Kier molecular flexibility index (Phi) is 4.64. The predicted octanol–water partition coefficient (Wildman–Crippen LogP) is 4.28. The van der Waals surface area contributed by atoms with Crippen LogP contribution in [0.2, 0.25) is 0 Å². The molecular formula is C19H15BrN4O3S. The predicted molar refractivity (Wildman–Crippen MR) is 112 cm³/mol. The van der Waals surface area contributed by atoms with Crippen LogP contribution in [0.5, 0.6) is 0 Å². The van der Waals surface area contributed by atoms with Gasteiger partial charge >= 0.3 is 0 Å². The average Bonchev–Trinajstić information content (AvgIpc) is 3.18. The van der Waals surface area contributed by atoms with Crippen LogP contribution in [0, 0.1) is 13.8 Å². The molecule has 28 heavy (non-hydrogen) atoms. The lowest BCUT2D eigenvalue weighted by atomic mass is 10.1. The molecule has 0 unspecified atom stereocenters. The molecule has 0 saturated heterocycles. The molecule has 0 saturated carbocycles. The maximum Gasteiger partial charge on any atom is 0.265 e. The number of nitrogens with zero attached hydrogens (tertiary/aromatic N) is 3. The van der Waals surface area contributed by atoms with E-state index in [1.807, 2.05) is 31.2 Å². The van der Waals surface area contributed by atoms with Crippen LogP contribution in [0.4, 0.5) is 5.13 Å². The average molecular weight is 459 g/mol. The second kappa shape index (κ2) is 6.99. The molecule has 0 aliphatic heterocycles. The maximum atomic E-state index is 12.9. The molecule has 9 heteroatoms. The van der Waals surface area contributed by atoms with E-state index in [-0.39, 0.29) is 22.2 Å². The number of halogens is 1. The number of rotatable bonds is 3. The monoisotopic (exact) mass is 458 g/mol. The number of hydrogen-bond acceptors (Lipinski definition) is 6. The zero-order chi connectivity index (χ0) is 20.0. The van der Waals surface area contributed by atoms with Gasteiger partial charge in [0.1, 0.15) is 17.5 Å². The first-order valence-corrected chi connectivity index (χ1v) is 9.95. The van der Waals surface area contributed by atoms with Crippen molar-refractivity contribution < 1.29 is 9.21 Å². The van der Waals surface area contributed by atoms with E-state index in [9.17, 15) is 9.59 Å². The van der Waals surface area contributed by atoms with Gasteiger partial charge < -0.3 is 8.98 Å². The summed E-state index contributed by atoms with van der Waals surface area (Å²) in [5.41, 5.74) is 1.76. The summed E-state index contributed by atoms with van der Waals surface area (Å²) in [5, 5.41) is 3.41. The number of fused-ring (bicyclic) bond motifs is 1. The summed E-state index contributed by atoms with van der Waals surface area (Å²) in [4.78, 5) is 34.9. The number of carbonyl (C=O) groups is 1. The Hall–Kier alpha value is -2.78. The lowest BCUT2D eigenvalue weighted by molar-refractivity contribution is 0.102. The first-order chi connectivity index (χ1) is 13.3. The van der Waals surface area contributed by atoms with Crippen molar-refractivity contribution in [3.8, 4) is 11.3 Å². The van der Waals surface area contributed by atoms with Gasteiger partial charge in [0.05, 0.1) is 11.3 Å². The topological polar surface area (TPSA) is 90.0 Å². The number of anilines is 1. The van der Waals surface area contributed by atoms with Crippen molar-refractivity contribution in [2.24, 2.45) is 7.05 Å². The maximum absolute atomic E-state index is 12.9. The van der Waals surface area contributed by atoms with Gasteiger partial charge in [0.15, 0.2) is 5.13 Å². The smallest absolute Gasteiger partial charge is 0.265 e. The molecule has 3 heterocycles. The lowest BCUT2D eigenvalue weighted by Gasteiger charge is -2.01. The van der Waals surface area contributed by atoms with Gasteiger partial charge in [-0.25, -0.2) is 9.97 Å². The van der Waals surface area contributed by atoms with Crippen LogP contribution in [0.1, 0.15) is 21.0 Å². The van der Waals surface area contributed by atoms with Crippen LogP contribution in [0.25, 0.3) is 22.4 Å². The second-order valence-electron chi connectivity index (χ2n) is 6.26. The molecule has 0 aliphatic carbocycles. The van der Waals surface area contributed by atoms with Crippen LogP contribution in [0.15, 0.2) is 44.3 Å². The van der Waals surface area contributed by atoms with Gasteiger partial charge in [-0.3, -0.25) is 14.9 Å². The first kappa shape index (κ1) is 18.6. The van der Waals surface area contributed by atoms with Gasteiger partial charge in [-0.2, -0.15) is 0 Å². The quantitative estimate of drug-likeness (QED) is 0.494. The van der Waals surface area contributed by atoms with Crippen LogP contribution in [-0.2, 0) is 7.05 Å². The number of furan rings is 1. The third-order valence-electron chi connectivity index (χ3n) is 4.31. The minimum atomic E-state index is -0.447. The van der Waals surface area contributed by atoms with Gasteiger partial charge in [0, 0.05) is 22.0 Å². The zero-order valence-electron chi connectivity index (χ0n) is 15.2. The van der Waals surface area contributed by atoms with E-state index >= 15 is 0 Å². The highest BCUT2D eigenvalue weighted by molar-refractivity contribution is 9.10. The van der Waals surface area contributed by atoms with Crippen LogP contribution < -0.4 is 10.9 Å². The van der Waals surface area contributed by atoms with Crippen molar-refractivity contribution in [3.05, 3.63) is 61.6 Å². The summed E-state index contributed by atoms with van der Waals surface area (Å²) < 4.78 is 7.79.